The Labute approximate surface area is 506 Å². The van der Waals surface area contributed by atoms with Crippen molar-refractivity contribution >= 4 is 17.9 Å². The van der Waals surface area contributed by atoms with Crippen LogP contribution < -0.4 is 0 Å². The van der Waals surface area contributed by atoms with Crippen LogP contribution in [0.15, 0.2) is 36.5 Å². The largest absolute Gasteiger partial charge is 0.462 e. The number of carbonyl (C=O) groups is 3. The molecule has 0 aliphatic rings. The van der Waals surface area contributed by atoms with Crippen LogP contribution in [-0.4, -0.2) is 37.2 Å². The van der Waals surface area contributed by atoms with Crippen LogP contribution in [0.1, 0.15) is 406 Å². The van der Waals surface area contributed by atoms with Crippen molar-refractivity contribution in [2.24, 2.45) is 0 Å². The lowest BCUT2D eigenvalue weighted by Gasteiger charge is -2.18. The van der Waals surface area contributed by atoms with E-state index in [2.05, 4.69) is 57.2 Å². The van der Waals surface area contributed by atoms with Crippen molar-refractivity contribution in [3.05, 3.63) is 36.5 Å². The number of rotatable bonds is 68. The van der Waals surface area contributed by atoms with Crippen molar-refractivity contribution in [2.75, 3.05) is 13.2 Å². The molecule has 81 heavy (non-hydrogen) atoms. The molecule has 0 saturated carbocycles. The molecule has 0 amide bonds. The summed E-state index contributed by atoms with van der Waals surface area (Å²) in [7, 11) is 0. The second-order valence-corrected chi connectivity index (χ2v) is 24.9. The van der Waals surface area contributed by atoms with Gasteiger partial charge in [0.15, 0.2) is 6.10 Å². The summed E-state index contributed by atoms with van der Waals surface area (Å²) in [6.07, 6.45) is 87.5. The van der Waals surface area contributed by atoms with Gasteiger partial charge < -0.3 is 14.2 Å². The molecule has 0 aliphatic heterocycles. The van der Waals surface area contributed by atoms with Crippen LogP contribution in [-0.2, 0) is 28.6 Å². The Balaban J connectivity index is 4.26. The van der Waals surface area contributed by atoms with E-state index in [0.29, 0.717) is 19.3 Å². The van der Waals surface area contributed by atoms with Crippen LogP contribution in [0.3, 0.4) is 0 Å². The zero-order chi connectivity index (χ0) is 58.5. The van der Waals surface area contributed by atoms with Crippen molar-refractivity contribution in [3.8, 4) is 0 Å². The van der Waals surface area contributed by atoms with Gasteiger partial charge in [-0.1, -0.05) is 346 Å². The molecule has 0 aliphatic carbocycles. The lowest BCUT2D eigenvalue weighted by Crippen LogP contribution is -2.30. The number of allylic oxidation sites excluding steroid dienone is 6. The third-order valence-electron chi connectivity index (χ3n) is 16.6. The zero-order valence-electron chi connectivity index (χ0n) is 54.8. The van der Waals surface area contributed by atoms with Gasteiger partial charge in [0.2, 0.25) is 0 Å². The fourth-order valence-corrected chi connectivity index (χ4v) is 11.1. The molecule has 6 heteroatoms. The topological polar surface area (TPSA) is 78.9 Å². The molecule has 0 bridgehead atoms. The van der Waals surface area contributed by atoms with E-state index in [1.165, 1.54) is 295 Å². The summed E-state index contributed by atoms with van der Waals surface area (Å²) >= 11 is 0. The third kappa shape index (κ3) is 68.3. The molecule has 6 nitrogen and oxygen atoms in total. The second kappa shape index (κ2) is 70.1. The summed E-state index contributed by atoms with van der Waals surface area (Å²) < 4.78 is 17.0. The number of ether oxygens (including phenoxy) is 3. The van der Waals surface area contributed by atoms with Crippen LogP contribution in [0.2, 0.25) is 0 Å². The van der Waals surface area contributed by atoms with Gasteiger partial charge in [-0.05, 0) is 77.0 Å². The van der Waals surface area contributed by atoms with Crippen molar-refractivity contribution in [1.29, 1.82) is 0 Å². The summed E-state index contributed by atoms with van der Waals surface area (Å²) in [5, 5.41) is 0. The highest BCUT2D eigenvalue weighted by atomic mass is 16.6. The van der Waals surface area contributed by atoms with Gasteiger partial charge in [-0.2, -0.15) is 0 Å². The van der Waals surface area contributed by atoms with Crippen LogP contribution in [0.25, 0.3) is 0 Å². The van der Waals surface area contributed by atoms with Crippen LogP contribution in [0.4, 0.5) is 0 Å². The first kappa shape index (κ1) is 78.6. The fourth-order valence-electron chi connectivity index (χ4n) is 11.1. The van der Waals surface area contributed by atoms with E-state index in [1.54, 1.807) is 0 Å². The van der Waals surface area contributed by atoms with E-state index in [1.807, 2.05) is 0 Å². The molecular formula is C75H140O6. The minimum absolute atomic E-state index is 0.0698. The number of unbranched alkanes of at least 4 members (excludes halogenated alkanes) is 51. The van der Waals surface area contributed by atoms with Crippen molar-refractivity contribution in [1.82, 2.24) is 0 Å². The molecule has 0 N–H and O–H groups in total. The lowest BCUT2D eigenvalue weighted by molar-refractivity contribution is -0.167. The predicted molar refractivity (Wildman–Crippen MR) is 353 cm³/mol. The van der Waals surface area contributed by atoms with Crippen molar-refractivity contribution in [2.45, 2.75) is 412 Å². The lowest BCUT2D eigenvalue weighted by atomic mass is 10.0. The summed E-state index contributed by atoms with van der Waals surface area (Å²) in [6.45, 7) is 6.70. The molecule has 476 valence electrons. The van der Waals surface area contributed by atoms with Gasteiger partial charge in [0.1, 0.15) is 13.2 Å². The second-order valence-electron chi connectivity index (χ2n) is 24.9. The Hall–Kier alpha value is -2.37. The number of carbonyl (C=O) groups excluding carboxylic acids is 3. The van der Waals surface area contributed by atoms with E-state index in [0.717, 1.165) is 70.6 Å². The summed E-state index contributed by atoms with van der Waals surface area (Å²) in [5.74, 6) is -0.846. The normalized spacial score (nSPS) is 12.2. The van der Waals surface area contributed by atoms with E-state index in [-0.39, 0.29) is 31.1 Å². The highest BCUT2D eigenvalue weighted by Gasteiger charge is 2.19. The van der Waals surface area contributed by atoms with Gasteiger partial charge >= 0.3 is 17.9 Å². The summed E-state index contributed by atoms with van der Waals surface area (Å²) in [6, 6.07) is 0. The molecule has 0 aromatic carbocycles. The minimum atomic E-state index is -0.775. The quantitative estimate of drug-likeness (QED) is 0.0261. The van der Waals surface area contributed by atoms with Crippen LogP contribution >= 0.6 is 0 Å². The Bertz CT molecular complexity index is 1350. The summed E-state index contributed by atoms with van der Waals surface area (Å²) in [5.41, 5.74) is 0. The van der Waals surface area contributed by atoms with Gasteiger partial charge in [-0.25, -0.2) is 0 Å². The number of hydrogen-bond acceptors (Lipinski definition) is 6. The standard InChI is InChI=1S/C75H140O6/c1-4-7-10-13-16-19-22-25-28-31-34-35-36-37-38-39-40-41-42-45-47-50-53-56-59-62-65-68-74(77)80-71-72(81-75(78)69-66-63-60-57-54-51-48-44-33-30-27-24-21-18-15-12-9-6-3)70-79-73(76)67-64-61-58-55-52-49-46-43-32-29-26-23-20-17-14-11-8-5-2/h21,24,30-31,33-34,72H,4-20,22-23,25-29,32,35-71H2,1-3H3/b24-21-,33-30-,34-31-. The smallest absolute Gasteiger partial charge is 0.306 e. The monoisotopic (exact) mass is 1140 g/mol. The average molecular weight is 1140 g/mol. The van der Waals surface area contributed by atoms with Crippen molar-refractivity contribution in [3.63, 3.8) is 0 Å². The molecule has 0 spiro atoms. The van der Waals surface area contributed by atoms with Gasteiger partial charge in [0.25, 0.3) is 0 Å². The average Bonchev–Trinajstić information content (AvgIpc) is 3.47. The van der Waals surface area contributed by atoms with Crippen LogP contribution in [0.5, 0.6) is 0 Å². The summed E-state index contributed by atoms with van der Waals surface area (Å²) in [4.78, 5) is 38.5. The first-order valence-electron chi connectivity index (χ1n) is 36.5. The molecule has 0 fully saturated rings. The molecule has 1 atom stereocenters. The van der Waals surface area contributed by atoms with Gasteiger partial charge in [-0.3, -0.25) is 14.4 Å². The van der Waals surface area contributed by atoms with Crippen LogP contribution in [0, 0.1) is 0 Å². The minimum Gasteiger partial charge on any atom is -0.462 e. The molecule has 0 radical (unpaired) electrons. The van der Waals surface area contributed by atoms with E-state index in [9.17, 15) is 14.4 Å². The molecule has 0 rings (SSSR count). The van der Waals surface area contributed by atoms with E-state index >= 15 is 0 Å². The maximum atomic E-state index is 13.0. The van der Waals surface area contributed by atoms with E-state index in [4.69, 9.17) is 14.2 Å². The highest BCUT2D eigenvalue weighted by molar-refractivity contribution is 5.71. The van der Waals surface area contributed by atoms with Gasteiger partial charge in [0.05, 0.1) is 0 Å². The highest BCUT2D eigenvalue weighted by Crippen LogP contribution is 2.19. The van der Waals surface area contributed by atoms with Gasteiger partial charge in [0, 0.05) is 19.3 Å². The van der Waals surface area contributed by atoms with Crippen molar-refractivity contribution < 1.29 is 28.6 Å². The zero-order valence-corrected chi connectivity index (χ0v) is 54.8. The molecule has 1 unspecified atom stereocenters. The number of esters is 3. The van der Waals surface area contributed by atoms with E-state index < -0.39 is 6.10 Å². The number of hydrogen-bond donors (Lipinski definition) is 0. The Morgan fingerprint density at radius 3 is 0.704 bits per heavy atom. The fraction of sp³-hybridized carbons (Fsp3) is 0.880. The predicted octanol–water partition coefficient (Wildman–Crippen LogP) is 25.1. The molecule has 0 aromatic rings. The SMILES string of the molecule is CCCCCC/C=C\C/C=C\CCCCCCCCCC(=O)OC(COC(=O)CCCCCCCCCCCCCCCCC/C=C\CCCCCCCCCC)COC(=O)CCCCCCCCCCCCCCCCCCCC. The molecule has 0 saturated heterocycles. The molecular weight excluding hydrogens is 997 g/mol. The Morgan fingerprint density at radius 1 is 0.247 bits per heavy atom. The molecule has 0 aromatic heterocycles. The first-order valence-corrected chi connectivity index (χ1v) is 36.5. The maximum Gasteiger partial charge on any atom is 0.306 e. The molecule has 0 heterocycles. The maximum absolute atomic E-state index is 13.0. The third-order valence-corrected chi connectivity index (χ3v) is 16.6. The Kier molecular flexibility index (Phi) is 68.1. The Morgan fingerprint density at radius 2 is 0.444 bits per heavy atom. The van der Waals surface area contributed by atoms with Gasteiger partial charge in [-0.15, -0.1) is 0 Å². The first-order chi connectivity index (χ1) is 40.0.